The highest BCUT2D eigenvalue weighted by Gasteiger charge is 2.31. The van der Waals surface area contributed by atoms with Crippen molar-refractivity contribution in [3.63, 3.8) is 0 Å². The number of hydrogen-bond acceptors (Lipinski definition) is 3. The Morgan fingerprint density at radius 1 is 1.11 bits per heavy atom. The van der Waals surface area contributed by atoms with Gasteiger partial charge in [0, 0.05) is 32.2 Å². The lowest BCUT2D eigenvalue weighted by molar-refractivity contribution is -0.133. The topological polar surface area (TPSA) is 32.8 Å². The van der Waals surface area contributed by atoms with Crippen LogP contribution in [0.2, 0.25) is 0 Å². The summed E-state index contributed by atoms with van der Waals surface area (Å²) in [4.78, 5) is 17.5. The molecule has 1 aliphatic carbocycles. The molecule has 2 saturated heterocycles. The lowest BCUT2D eigenvalue weighted by Crippen LogP contribution is -2.46. The first-order chi connectivity index (χ1) is 13.7. The second-order valence-electron chi connectivity index (χ2n) is 8.99. The Hall–Kier alpha value is -1.39. The quantitative estimate of drug-likeness (QED) is 0.719. The molecule has 1 atom stereocenters. The van der Waals surface area contributed by atoms with E-state index in [-0.39, 0.29) is 6.10 Å². The average Bonchev–Trinajstić information content (AvgIpc) is 3.37. The van der Waals surface area contributed by atoms with Gasteiger partial charge in [0.1, 0.15) is 0 Å². The molecular weight excluding hydrogens is 348 g/mol. The fourth-order valence-corrected chi connectivity index (χ4v) is 5.29. The number of piperidine rings is 1. The Kier molecular flexibility index (Phi) is 6.69. The highest BCUT2D eigenvalue weighted by molar-refractivity contribution is 5.76. The van der Waals surface area contributed by atoms with Crippen molar-refractivity contribution >= 4 is 5.91 Å². The van der Waals surface area contributed by atoms with Crippen molar-refractivity contribution in [2.24, 2.45) is 5.92 Å². The van der Waals surface area contributed by atoms with Gasteiger partial charge in [-0.3, -0.25) is 9.69 Å². The summed E-state index contributed by atoms with van der Waals surface area (Å²) in [5.74, 6) is 0.967. The number of likely N-dealkylation sites (tertiary alicyclic amines) is 1. The van der Waals surface area contributed by atoms with Gasteiger partial charge in [0.05, 0.1) is 6.10 Å². The average molecular weight is 385 g/mol. The van der Waals surface area contributed by atoms with Gasteiger partial charge in [0.2, 0.25) is 5.91 Å². The molecule has 0 unspecified atom stereocenters. The summed E-state index contributed by atoms with van der Waals surface area (Å²) in [5.41, 5.74) is 3.09. The van der Waals surface area contributed by atoms with Crippen LogP contribution in [0.15, 0.2) is 24.3 Å². The molecule has 1 aromatic rings. The van der Waals surface area contributed by atoms with Gasteiger partial charge in [-0.15, -0.1) is 0 Å². The molecule has 0 saturated carbocycles. The van der Waals surface area contributed by atoms with Crippen molar-refractivity contribution < 1.29 is 9.53 Å². The fourth-order valence-electron chi connectivity index (χ4n) is 5.29. The molecule has 0 radical (unpaired) electrons. The van der Waals surface area contributed by atoms with Gasteiger partial charge in [-0.05, 0) is 75.1 Å². The highest BCUT2D eigenvalue weighted by Crippen LogP contribution is 2.29. The lowest BCUT2D eigenvalue weighted by Gasteiger charge is -2.38. The number of nitrogens with zero attached hydrogens (tertiary/aromatic N) is 2. The Balaban J connectivity index is 1.28. The van der Waals surface area contributed by atoms with Crippen LogP contribution in [0.25, 0.3) is 0 Å². The van der Waals surface area contributed by atoms with E-state index in [2.05, 4.69) is 41.0 Å². The first-order valence-corrected chi connectivity index (χ1v) is 11.4. The maximum atomic E-state index is 12.7. The molecular formula is C24H36N2O2. The maximum Gasteiger partial charge on any atom is 0.222 e. The van der Waals surface area contributed by atoms with Crippen molar-refractivity contribution in [2.45, 2.75) is 70.4 Å². The van der Waals surface area contributed by atoms with Crippen LogP contribution in [0, 0.1) is 5.92 Å². The van der Waals surface area contributed by atoms with E-state index in [0.717, 1.165) is 39.0 Å². The minimum Gasteiger partial charge on any atom is -0.376 e. The number of carbonyl (C=O) groups excluding carboxylic acids is 1. The standard InChI is InChI=1S/C24H36N2O2/c1-2-6-24(27)26(18-23-9-5-14-28-23)17-19-10-12-25(13-11-19)22-15-20-7-3-4-8-21(20)16-22/h3-4,7-8,19,22-23H,2,5-6,9-18H2,1H3/t23-/m1/s1. The number of hydrogen-bond donors (Lipinski definition) is 0. The molecule has 1 aromatic carbocycles. The molecule has 1 amide bonds. The van der Waals surface area contributed by atoms with Gasteiger partial charge in [0.25, 0.3) is 0 Å². The number of ether oxygens (including phenoxy) is 1. The van der Waals surface area contributed by atoms with E-state index in [1.807, 2.05) is 0 Å². The number of rotatable bonds is 7. The molecule has 28 heavy (non-hydrogen) atoms. The van der Waals surface area contributed by atoms with Crippen LogP contribution in [-0.2, 0) is 22.4 Å². The second-order valence-corrected chi connectivity index (χ2v) is 8.99. The van der Waals surface area contributed by atoms with E-state index >= 15 is 0 Å². The molecule has 2 heterocycles. The third-order valence-corrected chi connectivity index (χ3v) is 6.94. The van der Waals surface area contributed by atoms with Crippen molar-refractivity contribution in [1.82, 2.24) is 9.80 Å². The van der Waals surface area contributed by atoms with Gasteiger partial charge in [-0.25, -0.2) is 0 Å². The molecule has 4 nitrogen and oxygen atoms in total. The number of amides is 1. The molecule has 3 aliphatic rings. The predicted molar refractivity (Wildman–Crippen MR) is 112 cm³/mol. The summed E-state index contributed by atoms with van der Waals surface area (Å²) in [6.07, 6.45) is 8.97. The van der Waals surface area contributed by atoms with Gasteiger partial charge < -0.3 is 9.64 Å². The Labute approximate surface area is 170 Å². The van der Waals surface area contributed by atoms with Crippen LogP contribution in [0.4, 0.5) is 0 Å². The van der Waals surface area contributed by atoms with Crippen LogP contribution >= 0.6 is 0 Å². The van der Waals surface area contributed by atoms with Crippen molar-refractivity contribution in [1.29, 1.82) is 0 Å². The predicted octanol–water partition coefficient (Wildman–Crippen LogP) is 3.67. The van der Waals surface area contributed by atoms with Gasteiger partial charge in [0.15, 0.2) is 0 Å². The molecule has 0 N–H and O–H groups in total. The molecule has 2 fully saturated rings. The lowest BCUT2D eigenvalue weighted by atomic mass is 9.94. The molecule has 0 aromatic heterocycles. The zero-order chi connectivity index (χ0) is 19.3. The minimum absolute atomic E-state index is 0.262. The Morgan fingerprint density at radius 2 is 1.82 bits per heavy atom. The number of benzene rings is 1. The summed E-state index contributed by atoms with van der Waals surface area (Å²) in [5, 5.41) is 0. The van der Waals surface area contributed by atoms with Crippen LogP contribution in [0.3, 0.4) is 0 Å². The van der Waals surface area contributed by atoms with Crippen LogP contribution in [0.5, 0.6) is 0 Å². The van der Waals surface area contributed by atoms with Crippen LogP contribution in [-0.4, -0.2) is 60.6 Å². The Morgan fingerprint density at radius 3 is 2.43 bits per heavy atom. The maximum absolute atomic E-state index is 12.7. The van der Waals surface area contributed by atoms with E-state index in [1.54, 1.807) is 11.1 Å². The van der Waals surface area contributed by atoms with E-state index in [1.165, 1.54) is 38.8 Å². The molecule has 4 rings (SSSR count). The third-order valence-electron chi connectivity index (χ3n) is 6.94. The summed E-state index contributed by atoms with van der Waals surface area (Å²) in [6, 6.07) is 9.62. The third kappa shape index (κ3) is 4.77. The molecule has 2 aliphatic heterocycles. The largest absolute Gasteiger partial charge is 0.376 e. The second kappa shape index (κ2) is 9.41. The summed E-state index contributed by atoms with van der Waals surface area (Å²) >= 11 is 0. The van der Waals surface area contributed by atoms with Crippen molar-refractivity contribution in [3.8, 4) is 0 Å². The van der Waals surface area contributed by atoms with E-state index in [4.69, 9.17) is 4.74 Å². The van der Waals surface area contributed by atoms with Gasteiger partial charge in [-0.2, -0.15) is 0 Å². The number of fused-ring (bicyclic) bond motifs is 1. The van der Waals surface area contributed by atoms with E-state index < -0.39 is 0 Å². The molecule has 154 valence electrons. The first kappa shape index (κ1) is 19.9. The monoisotopic (exact) mass is 384 g/mol. The summed E-state index contributed by atoms with van der Waals surface area (Å²) < 4.78 is 5.81. The summed E-state index contributed by atoms with van der Waals surface area (Å²) in [6.45, 7) is 7.05. The normalized spacial score (nSPS) is 23.8. The smallest absolute Gasteiger partial charge is 0.222 e. The van der Waals surface area contributed by atoms with Crippen LogP contribution in [0.1, 0.15) is 56.6 Å². The zero-order valence-electron chi connectivity index (χ0n) is 17.4. The van der Waals surface area contributed by atoms with Gasteiger partial charge in [-0.1, -0.05) is 31.2 Å². The van der Waals surface area contributed by atoms with Crippen LogP contribution < -0.4 is 0 Å². The van der Waals surface area contributed by atoms with E-state index in [9.17, 15) is 4.79 Å². The highest BCUT2D eigenvalue weighted by atomic mass is 16.5. The minimum atomic E-state index is 0.262. The molecule has 4 heteroatoms. The van der Waals surface area contributed by atoms with Crippen molar-refractivity contribution in [3.05, 3.63) is 35.4 Å². The fraction of sp³-hybridized carbons (Fsp3) is 0.708. The Bertz CT molecular complexity index is 623. The zero-order valence-corrected chi connectivity index (χ0v) is 17.4. The van der Waals surface area contributed by atoms with E-state index in [0.29, 0.717) is 24.3 Å². The summed E-state index contributed by atoms with van der Waals surface area (Å²) in [7, 11) is 0. The van der Waals surface area contributed by atoms with Gasteiger partial charge >= 0.3 is 0 Å². The molecule has 0 spiro atoms. The molecule has 0 bridgehead atoms. The first-order valence-electron chi connectivity index (χ1n) is 11.4. The SMILES string of the molecule is CCCC(=O)N(CC1CCN(C2Cc3ccccc3C2)CC1)C[C@H]1CCCO1. The number of carbonyl (C=O) groups is 1. The van der Waals surface area contributed by atoms with Crippen molar-refractivity contribution in [2.75, 3.05) is 32.8 Å².